The number of hydrogen-bond donors (Lipinski definition) is 2. The van der Waals surface area contributed by atoms with E-state index in [-0.39, 0.29) is 24.6 Å². The van der Waals surface area contributed by atoms with Gasteiger partial charge in [0.05, 0.1) is 18.4 Å². The Bertz CT molecular complexity index is 703. The Labute approximate surface area is 152 Å². The van der Waals surface area contributed by atoms with Crippen molar-refractivity contribution in [3.8, 4) is 5.75 Å². The quantitative estimate of drug-likeness (QED) is 0.682. The van der Waals surface area contributed by atoms with Crippen molar-refractivity contribution in [2.45, 2.75) is 19.4 Å². The van der Waals surface area contributed by atoms with Gasteiger partial charge in [0.1, 0.15) is 5.75 Å². The number of hydrogen-bond acceptors (Lipinski definition) is 5. The third kappa shape index (κ3) is 3.55. The van der Waals surface area contributed by atoms with Crippen LogP contribution in [0.1, 0.15) is 24.2 Å². The molecule has 2 amide bonds. The molecular weight excluding hydrogens is 431 g/mol. The molecule has 0 fully saturated rings. The molecule has 0 saturated carbocycles. The number of carboxylic acid groups (broad SMARTS) is 1. The molecule has 0 aromatic heterocycles. The van der Waals surface area contributed by atoms with E-state index in [1.165, 1.54) is 18.1 Å². The third-order valence-corrected chi connectivity index (χ3v) is 4.38. The lowest BCUT2D eigenvalue weighted by Gasteiger charge is -2.39. The number of fused-ring (bicyclic) bond motifs is 1. The second kappa shape index (κ2) is 6.83. The molecule has 0 bridgehead atoms. The molecule has 8 nitrogen and oxygen atoms in total. The van der Waals surface area contributed by atoms with Gasteiger partial charge in [0.15, 0.2) is 5.60 Å². The number of nitrogens with one attached hydrogen (secondary N) is 1. The highest BCUT2D eigenvalue weighted by Gasteiger charge is 2.41. The van der Waals surface area contributed by atoms with Crippen LogP contribution in [0.25, 0.3) is 0 Å². The molecule has 1 heterocycles. The van der Waals surface area contributed by atoms with Crippen LogP contribution in [-0.2, 0) is 9.53 Å². The van der Waals surface area contributed by atoms with Crippen molar-refractivity contribution in [3.63, 3.8) is 0 Å². The first-order valence-corrected chi connectivity index (χ1v) is 8.15. The van der Waals surface area contributed by atoms with Gasteiger partial charge < -0.3 is 24.8 Å². The zero-order valence-electron chi connectivity index (χ0n) is 13.4. The molecule has 1 aliphatic heterocycles. The highest BCUT2D eigenvalue weighted by atomic mass is 127. The van der Waals surface area contributed by atoms with Gasteiger partial charge in [0.25, 0.3) is 5.91 Å². The molecule has 1 aromatic rings. The number of rotatable bonds is 4. The molecule has 0 spiro atoms. The second-order valence-electron chi connectivity index (χ2n) is 5.59. The fraction of sp³-hybridized carbons (Fsp3) is 0.400. The van der Waals surface area contributed by atoms with Crippen molar-refractivity contribution in [3.05, 3.63) is 21.3 Å². The summed E-state index contributed by atoms with van der Waals surface area (Å²) in [5, 5.41) is 11.8. The lowest BCUT2D eigenvalue weighted by Crippen LogP contribution is -2.54. The third-order valence-electron chi connectivity index (χ3n) is 3.49. The predicted molar refractivity (Wildman–Crippen MR) is 93.6 cm³/mol. The summed E-state index contributed by atoms with van der Waals surface area (Å²) in [5.74, 6) is -0.988. The summed E-state index contributed by atoms with van der Waals surface area (Å²) in [6.07, 6.45) is -0.607. The van der Waals surface area contributed by atoms with Crippen molar-refractivity contribution in [1.29, 1.82) is 0 Å². The van der Waals surface area contributed by atoms with Gasteiger partial charge in [-0.25, -0.2) is 9.59 Å². The molecule has 24 heavy (non-hydrogen) atoms. The van der Waals surface area contributed by atoms with E-state index in [0.717, 1.165) is 0 Å². The Kier molecular flexibility index (Phi) is 5.21. The van der Waals surface area contributed by atoms with E-state index in [4.69, 9.17) is 4.74 Å². The van der Waals surface area contributed by atoms with E-state index in [0.29, 0.717) is 15.0 Å². The maximum Gasteiger partial charge on any atom is 0.406 e. The van der Waals surface area contributed by atoms with Crippen molar-refractivity contribution in [1.82, 2.24) is 5.32 Å². The fourth-order valence-corrected chi connectivity index (χ4v) is 2.99. The summed E-state index contributed by atoms with van der Waals surface area (Å²) in [6.45, 7) is 3.59. The molecule has 2 N–H and O–H groups in total. The summed E-state index contributed by atoms with van der Waals surface area (Å²) in [5.41, 5.74) is -0.647. The molecule has 0 radical (unpaired) electrons. The van der Waals surface area contributed by atoms with Crippen LogP contribution in [0.3, 0.4) is 0 Å². The minimum absolute atomic E-state index is 0.0800. The number of benzene rings is 1. The monoisotopic (exact) mass is 448 g/mol. The molecule has 130 valence electrons. The number of amides is 2. The summed E-state index contributed by atoms with van der Waals surface area (Å²) < 4.78 is 10.7. The van der Waals surface area contributed by atoms with Crippen molar-refractivity contribution in [2.24, 2.45) is 0 Å². The number of methoxy groups -OCH3 is 1. The number of nitrogens with zero attached hydrogens (tertiary/aromatic N) is 1. The second-order valence-corrected chi connectivity index (χ2v) is 6.75. The maximum absolute atomic E-state index is 12.6. The smallest absolute Gasteiger partial charge is 0.406 e. The summed E-state index contributed by atoms with van der Waals surface area (Å²) in [7, 11) is 1.24. The number of aromatic carboxylic acids is 1. The summed E-state index contributed by atoms with van der Waals surface area (Å²) in [6, 6.07) is 3.00. The SMILES string of the molecule is COC(=O)NCCN1C(=O)C(C)(C)Oc2cc(I)c(C(=O)O)cc21. The lowest BCUT2D eigenvalue weighted by molar-refractivity contribution is -0.132. The Balaban J connectivity index is 2.38. The van der Waals surface area contributed by atoms with Crippen molar-refractivity contribution < 1.29 is 29.0 Å². The van der Waals surface area contributed by atoms with Crippen LogP contribution >= 0.6 is 22.6 Å². The van der Waals surface area contributed by atoms with Crippen LogP contribution in [0.4, 0.5) is 10.5 Å². The topological polar surface area (TPSA) is 105 Å². The Morgan fingerprint density at radius 1 is 1.42 bits per heavy atom. The number of ether oxygens (including phenoxy) is 2. The maximum atomic E-state index is 12.6. The van der Waals surface area contributed by atoms with E-state index < -0.39 is 17.7 Å². The minimum Gasteiger partial charge on any atom is -0.478 e. The molecular formula is C15H17IN2O6. The van der Waals surface area contributed by atoms with Crippen LogP contribution in [0.2, 0.25) is 0 Å². The van der Waals surface area contributed by atoms with E-state index in [2.05, 4.69) is 10.1 Å². The molecule has 0 aliphatic carbocycles. The largest absolute Gasteiger partial charge is 0.478 e. The first-order chi connectivity index (χ1) is 11.2. The number of halogens is 1. The van der Waals surface area contributed by atoms with Crippen molar-refractivity contribution in [2.75, 3.05) is 25.1 Å². The van der Waals surface area contributed by atoms with Crippen LogP contribution in [0, 0.1) is 3.57 Å². The zero-order chi connectivity index (χ0) is 18.1. The molecule has 1 aromatic carbocycles. The average Bonchev–Trinajstić information content (AvgIpc) is 2.49. The van der Waals surface area contributed by atoms with E-state index in [1.54, 1.807) is 19.9 Å². The molecule has 1 aliphatic rings. The molecule has 0 atom stereocenters. The number of carboxylic acids is 1. The fourth-order valence-electron chi connectivity index (χ4n) is 2.32. The Morgan fingerprint density at radius 3 is 2.67 bits per heavy atom. The van der Waals surface area contributed by atoms with E-state index in [1.807, 2.05) is 22.6 Å². The number of anilines is 1. The Morgan fingerprint density at radius 2 is 2.08 bits per heavy atom. The zero-order valence-corrected chi connectivity index (χ0v) is 15.5. The summed E-state index contributed by atoms with van der Waals surface area (Å²) in [4.78, 5) is 36.5. The summed E-state index contributed by atoms with van der Waals surface area (Å²) >= 11 is 1.91. The highest BCUT2D eigenvalue weighted by Crippen LogP contribution is 2.39. The van der Waals surface area contributed by atoms with Gasteiger partial charge in [0, 0.05) is 16.7 Å². The first-order valence-electron chi connectivity index (χ1n) is 7.07. The van der Waals surface area contributed by atoms with Gasteiger partial charge in [0.2, 0.25) is 0 Å². The highest BCUT2D eigenvalue weighted by molar-refractivity contribution is 14.1. The van der Waals surface area contributed by atoms with Crippen LogP contribution < -0.4 is 15.0 Å². The average molecular weight is 448 g/mol. The standard InChI is InChI=1S/C15H17IN2O6/c1-15(2)13(21)18(5-4-17-14(22)23-3)10-6-8(12(19)20)9(16)7-11(10)24-15/h6-7H,4-5H2,1-3H3,(H,17,22)(H,19,20). The van der Waals surface area contributed by atoms with Gasteiger partial charge in [-0.1, -0.05) is 0 Å². The number of carbonyl (C=O) groups excluding carboxylic acids is 2. The molecule has 2 rings (SSSR count). The van der Waals surface area contributed by atoms with E-state index >= 15 is 0 Å². The van der Waals surface area contributed by atoms with Crippen LogP contribution in [0.5, 0.6) is 5.75 Å². The van der Waals surface area contributed by atoms with Gasteiger partial charge in [-0.2, -0.15) is 0 Å². The molecule has 0 unspecified atom stereocenters. The number of alkyl carbamates (subject to hydrolysis) is 1. The lowest BCUT2D eigenvalue weighted by atomic mass is 10.0. The van der Waals surface area contributed by atoms with E-state index in [9.17, 15) is 19.5 Å². The predicted octanol–water partition coefficient (Wildman–Crippen LogP) is 1.85. The number of carbonyl (C=O) groups is 3. The minimum atomic E-state index is -1.09. The van der Waals surface area contributed by atoms with Gasteiger partial charge >= 0.3 is 12.1 Å². The van der Waals surface area contributed by atoms with Crippen molar-refractivity contribution >= 4 is 46.2 Å². The van der Waals surface area contributed by atoms with Crippen LogP contribution in [-0.4, -0.2) is 48.9 Å². The molecule has 9 heteroatoms. The van der Waals surface area contributed by atoms with Crippen LogP contribution in [0.15, 0.2) is 12.1 Å². The van der Waals surface area contributed by atoms with Gasteiger partial charge in [-0.15, -0.1) is 0 Å². The van der Waals surface area contributed by atoms with Gasteiger partial charge in [-0.05, 0) is 48.6 Å². The van der Waals surface area contributed by atoms with Gasteiger partial charge in [-0.3, -0.25) is 4.79 Å². The first kappa shape index (κ1) is 18.3. The normalized spacial score (nSPS) is 15.3. The Hall–Kier alpha value is -2.04. The molecule has 0 saturated heterocycles.